The molecule has 1 N–H and O–H groups in total. The molecule has 190 valence electrons. The van der Waals surface area contributed by atoms with Crippen LogP contribution in [0.2, 0.25) is 0 Å². The molecule has 1 spiro atoms. The van der Waals surface area contributed by atoms with Gasteiger partial charge in [-0.1, -0.05) is 12.1 Å². The van der Waals surface area contributed by atoms with Crippen LogP contribution in [0, 0.1) is 5.82 Å². The van der Waals surface area contributed by atoms with Crippen molar-refractivity contribution in [2.75, 3.05) is 27.4 Å². The van der Waals surface area contributed by atoms with Crippen molar-refractivity contribution in [3.8, 4) is 0 Å². The fourth-order valence-electron chi connectivity index (χ4n) is 4.75. The number of nitrogens with zero attached hydrogens (tertiary/aromatic N) is 1. The largest absolute Gasteiger partial charge is 0.495 e. The monoisotopic (exact) mass is 502 g/mol. The molecule has 0 unspecified atom stereocenters. The molecule has 0 saturated carbocycles. The number of nitrogens with one attached hydrogen (secondary N) is 1. The second kappa shape index (κ2) is 10.2. The van der Waals surface area contributed by atoms with Gasteiger partial charge in [0.05, 0.1) is 39.7 Å². The van der Waals surface area contributed by atoms with Crippen LogP contribution in [0.25, 0.3) is 11.1 Å². The lowest BCUT2D eigenvalue weighted by Gasteiger charge is -2.32. The number of carbonyl (C=O) groups excluding carboxylic acids is 1. The zero-order valence-electron chi connectivity index (χ0n) is 20.8. The van der Waals surface area contributed by atoms with Crippen LogP contribution in [0.15, 0.2) is 89.6 Å². The van der Waals surface area contributed by atoms with Crippen molar-refractivity contribution in [1.29, 1.82) is 0 Å². The Morgan fingerprint density at radius 1 is 1.11 bits per heavy atom. The van der Waals surface area contributed by atoms with Crippen molar-refractivity contribution in [3.05, 3.63) is 112 Å². The van der Waals surface area contributed by atoms with Gasteiger partial charge in [0.2, 0.25) is 5.91 Å². The lowest BCUT2D eigenvalue weighted by molar-refractivity contribution is -0.150. The minimum atomic E-state index is -1.20. The Kier molecular flexibility index (Phi) is 6.78. The molecular formula is C29H27FN2O5. The lowest BCUT2D eigenvalue weighted by atomic mass is 9.96. The molecule has 37 heavy (non-hydrogen) atoms. The summed E-state index contributed by atoms with van der Waals surface area (Å²) >= 11 is 0. The van der Waals surface area contributed by atoms with Crippen molar-refractivity contribution in [1.82, 2.24) is 10.3 Å². The van der Waals surface area contributed by atoms with Gasteiger partial charge in [0.15, 0.2) is 11.5 Å². The summed E-state index contributed by atoms with van der Waals surface area (Å²) in [5.74, 6) is -0.926. The van der Waals surface area contributed by atoms with Crippen molar-refractivity contribution >= 4 is 17.1 Å². The Morgan fingerprint density at radius 3 is 2.49 bits per heavy atom. The smallest absolute Gasteiger partial charge is 0.288 e. The van der Waals surface area contributed by atoms with E-state index in [0.717, 1.165) is 28.0 Å². The van der Waals surface area contributed by atoms with Gasteiger partial charge in [-0.25, -0.2) is 4.39 Å². The van der Waals surface area contributed by atoms with Crippen LogP contribution in [0.3, 0.4) is 0 Å². The number of fused-ring (bicyclic) bond motifs is 1. The number of hydrogen-bond donors (Lipinski definition) is 1. The molecule has 0 atom stereocenters. The fourth-order valence-corrected chi connectivity index (χ4v) is 4.75. The summed E-state index contributed by atoms with van der Waals surface area (Å²) in [6.45, 7) is 3.04. The number of hydrogen-bond acceptors (Lipinski definition) is 6. The number of allylic oxidation sites excluding steroid dienone is 7. The van der Waals surface area contributed by atoms with E-state index in [-0.39, 0.29) is 11.7 Å². The first-order valence-electron chi connectivity index (χ1n) is 11.9. The van der Waals surface area contributed by atoms with Crippen LogP contribution >= 0.6 is 0 Å². The Balaban J connectivity index is 1.52. The minimum Gasteiger partial charge on any atom is -0.495 e. The third-order valence-corrected chi connectivity index (χ3v) is 6.50. The number of ether oxygens (including phenoxy) is 4. The Morgan fingerprint density at radius 2 is 1.84 bits per heavy atom. The summed E-state index contributed by atoms with van der Waals surface area (Å²) in [5, 5.41) is 2.85. The summed E-state index contributed by atoms with van der Waals surface area (Å²) in [5.41, 5.74) is 5.36. The Bertz CT molecular complexity index is 1360. The zero-order valence-corrected chi connectivity index (χ0v) is 20.8. The standard InChI is InChI=1S/C29H27FN2O5/c1-18-23(12-19-13-26(34-2)29(27(14-19)35-3)36-10-11-37-29)22-8-7-20(30)15-25(22)24(18)16-28(33)32-17-21-6-4-5-9-31-21/h4-9,12-16H,10-11,17H2,1-3H3,(H,32,33). The van der Waals surface area contributed by atoms with Gasteiger partial charge in [-0.3, -0.25) is 9.78 Å². The lowest BCUT2D eigenvalue weighted by Crippen LogP contribution is -2.38. The minimum absolute atomic E-state index is 0.289. The van der Waals surface area contributed by atoms with E-state index in [1.54, 1.807) is 26.5 Å². The Labute approximate surface area is 214 Å². The van der Waals surface area contributed by atoms with E-state index in [2.05, 4.69) is 10.3 Å². The summed E-state index contributed by atoms with van der Waals surface area (Å²) < 4.78 is 37.2. The van der Waals surface area contributed by atoms with Gasteiger partial charge in [0.1, 0.15) is 5.82 Å². The van der Waals surface area contributed by atoms with E-state index in [1.165, 1.54) is 18.2 Å². The molecule has 1 saturated heterocycles. The third-order valence-electron chi connectivity index (χ3n) is 6.50. The van der Waals surface area contributed by atoms with E-state index in [9.17, 15) is 9.18 Å². The quantitative estimate of drug-likeness (QED) is 0.588. The molecular weight excluding hydrogens is 475 g/mol. The first-order valence-corrected chi connectivity index (χ1v) is 11.9. The van der Waals surface area contributed by atoms with Gasteiger partial charge >= 0.3 is 0 Å². The highest BCUT2D eigenvalue weighted by molar-refractivity contribution is 6.08. The molecule has 1 amide bonds. The van der Waals surface area contributed by atoms with E-state index in [4.69, 9.17) is 18.9 Å². The average Bonchev–Trinajstić information content (AvgIpc) is 3.49. The van der Waals surface area contributed by atoms with Crippen molar-refractivity contribution in [2.24, 2.45) is 0 Å². The highest BCUT2D eigenvalue weighted by atomic mass is 19.1. The maximum Gasteiger partial charge on any atom is 0.288 e. The molecule has 0 bridgehead atoms. The predicted octanol–water partition coefficient (Wildman–Crippen LogP) is 4.45. The number of aromatic nitrogens is 1. The molecule has 5 rings (SSSR count). The Hall–Kier alpha value is -4.01. The second-order valence-electron chi connectivity index (χ2n) is 8.71. The number of benzene rings is 1. The summed E-state index contributed by atoms with van der Waals surface area (Å²) in [6.07, 6.45) is 8.80. The van der Waals surface area contributed by atoms with Gasteiger partial charge < -0.3 is 24.3 Å². The van der Waals surface area contributed by atoms with Crippen LogP contribution < -0.4 is 5.32 Å². The van der Waals surface area contributed by atoms with Gasteiger partial charge in [-0.05, 0) is 82.8 Å². The maximum absolute atomic E-state index is 14.3. The molecule has 2 aromatic rings. The normalized spacial score (nSPS) is 19.0. The number of methoxy groups -OCH3 is 2. The summed E-state index contributed by atoms with van der Waals surface area (Å²) in [7, 11) is 3.11. The summed E-state index contributed by atoms with van der Waals surface area (Å²) in [4.78, 5) is 17.0. The van der Waals surface area contributed by atoms with Gasteiger partial charge in [0.25, 0.3) is 5.79 Å². The van der Waals surface area contributed by atoms with Crippen LogP contribution in [-0.2, 0) is 30.3 Å². The molecule has 3 aliphatic rings. The second-order valence-corrected chi connectivity index (χ2v) is 8.71. The number of carbonyl (C=O) groups is 1. The van der Waals surface area contributed by atoms with Crippen molar-refractivity contribution in [3.63, 3.8) is 0 Å². The highest BCUT2D eigenvalue weighted by Crippen LogP contribution is 2.45. The predicted molar refractivity (Wildman–Crippen MR) is 136 cm³/mol. The van der Waals surface area contributed by atoms with Crippen LogP contribution in [-0.4, -0.2) is 44.1 Å². The molecule has 2 aliphatic carbocycles. The third kappa shape index (κ3) is 4.61. The highest BCUT2D eigenvalue weighted by Gasteiger charge is 2.49. The first kappa shape index (κ1) is 24.7. The molecule has 1 aromatic carbocycles. The van der Waals surface area contributed by atoms with Crippen LogP contribution in [0.4, 0.5) is 4.39 Å². The topological polar surface area (TPSA) is 78.9 Å². The van der Waals surface area contributed by atoms with E-state index in [1.807, 2.05) is 43.4 Å². The number of amides is 1. The van der Waals surface area contributed by atoms with Crippen LogP contribution in [0.1, 0.15) is 23.7 Å². The maximum atomic E-state index is 14.3. The first-order chi connectivity index (χ1) is 17.9. The number of halogens is 1. The zero-order chi connectivity index (χ0) is 26.0. The van der Waals surface area contributed by atoms with Gasteiger partial charge in [-0.15, -0.1) is 0 Å². The average molecular weight is 503 g/mol. The van der Waals surface area contributed by atoms with Crippen molar-refractivity contribution < 1.29 is 28.1 Å². The fraction of sp³-hybridized carbons (Fsp3) is 0.241. The molecule has 8 heteroatoms. The van der Waals surface area contributed by atoms with Crippen molar-refractivity contribution in [2.45, 2.75) is 19.3 Å². The SMILES string of the molecule is COC1=CC(=CC2=C(C)C(=CC(=O)NCc3ccccn3)c3cc(F)ccc32)C=C(OC)C12OCCO2. The molecule has 2 heterocycles. The molecule has 1 aromatic heterocycles. The molecule has 1 aliphatic heterocycles. The van der Waals surface area contributed by atoms with E-state index >= 15 is 0 Å². The van der Waals surface area contributed by atoms with Crippen LogP contribution in [0.5, 0.6) is 0 Å². The molecule has 0 radical (unpaired) electrons. The number of pyridine rings is 1. The van der Waals surface area contributed by atoms with E-state index < -0.39 is 5.79 Å². The summed E-state index contributed by atoms with van der Waals surface area (Å²) in [6, 6.07) is 10.1. The molecule has 7 nitrogen and oxygen atoms in total. The molecule has 1 fully saturated rings. The van der Waals surface area contributed by atoms with Gasteiger partial charge in [-0.2, -0.15) is 0 Å². The van der Waals surface area contributed by atoms with Gasteiger partial charge in [0, 0.05) is 12.3 Å². The number of rotatable bonds is 6. The van der Waals surface area contributed by atoms with E-state index in [0.29, 0.717) is 42.4 Å².